The molecule has 0 aliphatic carbocycles. The van der Waals surface area contributed by atoms with Crippen molar-refractivity contribution < 1.29 is 4.79 Å². The summed E-state index contributed by atoms with van der Waals surface area (Å²) in [5.41, 5.74) is 2.33. The first kappa shape index (κ1) is 13.9. The zero-order valence-corrected chi connectivity index (χ0v) is 12.3. The maximum absolute atomic E-state index is 12.1. The van der Waals surface area contributed by atoms with Crippen molar-refractivity contribution in [3.63, 3.8) is 0 Å². The molecule has 2 aromatic carbocycles. The minimum Gasteiger partial charge on any atom is -0.328 e. The molecule has 2 aromatic rings. The lowest BCUT2D eigenvalue weighted by molar-refractivity contribution is -0.126. The molecule has 0 radical (unpaired) electrons. The molecule has 0 bridgehead atoms. The lowest BCUT2D eigenvalue weighted by Crippen LogP contribution is -2.30. The summed E-state index contributed by atoms with van der Waals surface area (Å²) in [5, 5.41) is 0.711. The Balaban J connectivity index is 1.73. The van der Waals surface area contributed by atoms with Crippen LogP contribution >= 0.6 is 11.6 Å². The zero-order chi connectivity index (χ0) is 14.7. The lowest BCUT2D eigenvalue weighted by Gasteiger charge is -2.25. The highest BCUT2D eigenvalue weighted by Gasteiger charge is 2.26. The van der Waals surface area contributed by atoms with Gasteiger partial charge in [-0.25, -0.2) is 0 Å². The third-order valence-electron chi connectivity index (χ3n) is 3.74. The first-order valence-corrected chi connectivity index (χ1v) is 7.40. The number of carbonyl (C=O) groups excluding carboxylic acids is 1. The molecule has 2 nitrogen and oxygen atoms in total. The van der Waals surface area contributed by atoms with Gasteiger partial charge >= 0.3 is 0 Å². The number of benzene rings is 2. The van der Waals surface area contributed by atoms with Crippen LogP contribution in [0.1, 0.15) is 17.2 Å². The van der Waals surface area contributed by atoms with E-state index in [0.29, 0.717) is 11.6 Å². The Morgan fingerprint density at radius 2 is 1.71 bits per heavy atom. The summed E-state index contributed by atoms with van der Waals surface area (Å²) in [6.45, 7) is 0.711. The number of halogens is 1. The number of carbonyl (C=O) groups is 1. The van der Waals surface area contributed by atoms with Crippen LogP contribution in [0, 0.1) is 0 Å². The highest BCUT2D eigenvalue weighted by Crippen LogP contribution is 2.28. The second-order valence-electron chi connectivity index (χ2n) is 5.12. The van der Waals surface area contributed by atoms with E-state index in [4.69, 9.17) is 11.6 Å². The van der Waals surface area contributed by atoms with Crippen LogP contribution in [-0.2, 0) is 11.2 Å². The van der Waals surface area contributed by atoms with Crippen LogP contribution in [0.4, 0.5) is 0 Å². The van der Waals surface area contributed by atoms with Crippen LogP contribution in [-0.4, -0.2) is 17.4 Å². The topological polar surface area (TPSA) is 20.3 Å². The monoisotopic (exact) mass is 297 g/mol. The molecule has 0 aromatic heterocycles. The van der Waals surface area contributed by atoms with Crippen LogP contribution in [0.25, 0.3) is 0 Å². The molecule has 0 fully saturated rings. The van der Waals surface area contributed by atoms with E-state index in [2.05, 4.69) is 12.1 Å². The summed E-state index contributed by atoms with van der Waals surface area (Å²) < 4.78 is 0. The fourth-order valence-corrected chi connectivity index (χ4v) is 2.73. The highest BCUT2D eigenvalue weighted by atomic mass is 35.5. The molecule has 1 aliphatic rings. The number of hydrogen-bond donors (Lipinski definition) is 0. The van der Waals surface area contributed by atoms with Crippen LogP contribution in [0.3, 0.4) is 0 Å². The summed E-state index contributed by atoms with van der Waals surface area (Å²) in [6, 6.07) is 17.9. The van der Waals surface area contributed by atoms with Crippen LogP contribution in [0.5, 0.6) is 0 Å². The molecule has 3 rings (SSSR count). The summed E-state index contributed by atoms with van der Waals surface area (Å²) in [4.78, 5) is 14.0. The molecule has 21 heavy (non-hydrogen) atoms. The first-order valence-electron chi connectivity index (χ1n) is 7.02. The second kappa shape index (κ2) is 6.15. The molecule has 106 valence electrons. The van der Waals surface area contributed by atoms with Gasteiger partial charge in [0.2, 0.25) is 5.91 Å². The van der Waals surface area contributed by atoms with Crippen molar-refractivity contribution in [3.05, 3.63) is 82.9 Å². The summed E-state index contributed by atoms with van der Waals surface area (Å²) >= 11 is 5.93. The summed E-state index contributed by atoms with van der Waals surface area (Å²) in [7, 11) is 0. The predicted octanol–water partition coefficient (Wildman–Crippen LogP) is 4.02. The first-order chi connectivity index (χ1) is 10.2. The molecule has 1 amide bonds. The average Bonchev–Trinajstić information content (AvgIpc) is 2.88. The van der Waals surface area contributed by atoms with Gasteiger partial charge in [-0.3, -0.25) is 4.79 Å². The molecular weight excluding hydrogens is 282 g/mol. The fourth-order valence-electron chi connectivity index (χ4n) is 2.60. The molecule has 1 heterocycles. The Morgan fingerprint density at radius 3 is 2.43 bits per heavy atom. The lowest BCUT2D eigenvalue weighted by atomic mass is 10.1. The molecule has 0 saturated heterocycles. The van der Waals surface area contributed by atoms with Gasteiger partial charge in [-0.1, -0.05) is 60.1 Å². The molecule has 1 atom stereocenters. The Labute approximate surface area is 129 Å². The van der Waals surface area contributed by atoms with Gasteiger partial charge in [0.15, 0.2) is 0 Å². The molecule has 1 aliphatic heterocycles. The quantitative estimate of drug-likeness (QED) is 0.834. The average molecular weight is 298 g/mol. The number of hydrogen-bond acceptors (Lipinski definition) is 1. The maximum atomic E-state index is 12.1. The van der Waals surface area contributed by atoms with E-state index in [1.165, 1.54) is 5.56 Å². The van der Waals surface area contributed by atoms with Crippen molar-refractivity contribution in [1.29, 1.82) is 0 Å². The number of amides is 1. The fraction of sp³-hybridized carbons (Fsp3) is 0.167. The van der Waals surface area contributed by atoms with Gasteiger partial charge in [-0.05, 0) is 29.7 Å². The second-order valence-corrected chi connectivity index (χ2v) is 5.56. The van der Waals surface area contributed by atoms with E-state index >= 15 is 0 Å². The van der Waals surface area contributed by atoms with Crippen LogP contribution < -0.4 is 0 Å². The van der Waals surface area contributed by atoms with Gasteiger partial charge in [-0.2, -0.15) is 0 Å². The van der Waals surface area contributed by atoms with E-state index in [1.807, 2.05) is 53.4 Å². The normalized spacial score (nSPS) is 17.5. The van der Waals surface area contributed by atoms with E-state index < -0.39 is 0 Å². The standard InChI is InChI=1S/C18H16ClNO/c19-16-8-6-15(7-9-16)17-10-11-18(21)20(17)13-12-14-4-2-1-3-5-14/h1-11,17H,12-13H2. The third kappa shape index (κ3) is 3.17. The van der Waals surface area contributed by atoms with Crippen molar-refractivity contribution in [3.8, 4) is 0 Å². The van der Waals surface area contributed by atoms with E-state index in [1.54, 1.807) is 6.08 Å². The Morgan fingerprint density at radius 1 is 1.00 bits per heavy atom. The number of nitrogens with zero attached hydrogens (tertiary/aromatic N) is 1. The highest BCUT2D eigenvalue weighted by molar-refractivity contribution is 6.30. The molecule has 0 N–H and O–H groups in total. The van der Waals surface area contributed by atoms with Gasteiger partial charge in [0.05, 0.1) is 6.04 Å². The van der Waals surface area contributed by atoms with Crippen molar-refractivity contribution in [2.24, 2.45) is 0 Å². The van der Waals surface area contributed by atoms with E-state index in [0.717, 1.165) is 12.0 Å². The van der Waals surface area contributed by atoms with Crippen molar-refractivity contribution in [1.82, 2.24) is 4.90 Å². The molecule has 3 heteroatoms. The summed E-state index contributed by atoms with van der Waals surface area (Å²) in [6.07, 6.45) is 4.47. The van der Waals surface area contributed by atoms with Gasteiger partial charge in [0.25, 0.3) is 0 Å². The largest absolute Gasteiger partial charge is 0.328 e. The van der Waals surface area contributed by atoms with Crippen LogP contribution in [0.15, 0.2) is 66.7 Å². The Kier molecular flexibility index (Phi) is 4.07. The Hall–Kier alpha value is -2.06. The minimum atomic E-state index is 0.0125. The zero-order valence-electron chi connectivity index (χ0n) is 11.6. The van der Waals surface area contributed by atoms with E-state index in [9.17, 15) is 4.79 Å². The Bertz CT molecular complexity index is 649. The molecule has 0 spiro atoms. The van der Waals surface area contributed by atoms with Gasteiger partial charge in [0.1, 0.15) is 0 Å². The van der Waals surface area contributed by atoms with Crippen molar-refractivity contribution in [2.45, 2.75) is 12.5 Å². The SMILES string of the molecule is O=C1C=CC(c2ccc(Cl)cc2)N1CCc1ccccc1. The van der Waals surface area contributed by atoms with Crippen LogP contribution in [0.2, 0.25) is 5.02 Å². The van der Waals surface area contributed by atoms with Gasteiger partial charge < -0.3 is 4.90 Å². The van der Waals surface area contributed by atoms with E-state index in [-0.39, 0.29) is 11.9 Å². The minimum absolute atomic E-state index is 0.0125. The van der Waals surface area contributed by atoms with Gasteiger partial charge in [-0.15, -0.1) is 0 Å². The third-order valence-corrected chi connectivity index (χ3v) is 3.99. The van der Waals surface area contributed by atoms with Gasteiger partial charge in [0, 0.05) is 17.6 Å². The molecular formula is C18H16ClNO. The number of rotatable bonds is 4. The predicted molar refractivity (Wildman–Crippen MR) is 85.2 cm³/mol. The maximum Gasteiger partial charge on any atom is 0.247 e. The van der Waals surface area contributed by atoms with Crippen molar-refractivity contribution >= 4 is 17.5 Å². The molecule has 1 unspecified atom stereocenters. The molecule has 0 saturated carbocycles. The summed E-state index contributed by atoms with van der Waals surface area (Å²) in [5.74, 6) is 0.0749. The smallest absolute Gasteiger partial charge is 0.247 e. The van der Waals surface area contributed by atoms with Crippen molar-refractivity contribution in [2.75, 3.05) is 6.54 Å².